The molecule has 0 aliphatic rings. The van der Waals surface area contributed by atoms with E-state index in [1.165, 1.54) is 6.07 Å². The molecule has 0 aliphatic heterocycles. The van der Waals surface area contributed by atoms with Crippen LogP contribution in [-0.2, 0) is 27.8 Å². The lowest BCUT2D eigenvalue weighted by Crippen LogP contribution is -2.38. The van der Waals surface area contributed by atoms with Crippen molar-refractivity contribution in [1.29, 1.82) is 0 Å². The van der Waals surface area contributed by atoms with Crippen LogP contribution in [0.25, 0.3) is 10.8 Å². The van der Waals surface area contributed by atoms with Crippen LogP contribution in [0.4, 0.5) is 11.5 Å². The van der Waals surface area contributed by atoms with Gasteiger partial charge in [0, 0.05) is 56.0 Å². The molecule has 0 saturated heterocycles. The van der Waals surface area contributed by atoms with Crippen molar-refractivity contribution in [1.82, 2.24) is 24.3 Å². The Kier molecular flexibility index (Phi) is 8.54. The molecule has 12 heteroatoms. The van der Waals surface area contributed by atoms with E-state index in [9.17, 15) is 18.3 Å². The Balaban J connectivity index is 1.45. The molecule has 0 radical (unpaired) electrons. The summed E-state index contributed by atoms with van der Waals surface area (Å²) < 4.78 is 29.9. The molecule has 38 heavy (non-hydrogen) atoms. The van der Waals surface area contributed by atoms with Gasteiger partial charge in [0.2, 0.25) is 10.0 Å². The van der Waals surface area contributed by atoms with E-state index in [1.807, 2.05) is 49.3 Å². The van der Waals surface area contributed by atoms with Gasteiger partial charge in [-0.25, -0.2) is 13.4 Å². The van der Waals surface area contributed by atoms with E-state index in [4.69, 9.17) is 0 Å². The molecule has 200 valence electrons. The van der Waals surface area contributed by atoms with Crippen molar-refractivity contribution in [2.45, 2.75) is 24.3 Å². The lowest BCUT2D eigenvalue weighted by atomic mass is 10.1. The molecule has 2 aromatic heterocycles. The number of carboxylic acid groups (broad SMARTS) is 1. The van der Waals surface area contributed by atoms with Crippen LogP contribution in [0.5, 0.6) is 0 Å². The molecule has 2 aromatic carbocycles. The molecule has 2 N–H and O–H groups in total. The first-order chi connectivity index (χ1) is 18.3. The fraction of sp³-hybridized carbons (Fsp3) is 0.308. The smallest absolute Gasteiger partial charge is 0.318 e. The summed E-state index contributed by atoms with van der Waals surface area (Å²) in [6.07, 6.45) is 4.97. The number of nitrogens with zero attached hydrogens (tertiary/aromatic N) is 6. The number of carbonyl (C=O) groups is 1. The minimum atomic E-state index is -4.11. The minimum Gasteiger partial charge on any atom is -0.480 e. The highest BCUT2D eigenvalue weighted by atomic mass is 32.2. The molecule has 2 heterocycles. The van der Waals surface area contributed by atoms with Crippen molar-refractivity contribution in [2.75, 3.05) is 43.9 Å². The summed E-state index contributed by atoms with van der Waals surface area (Å²) in [5.41, 5.74) is 1.64. The van der Waals surface area contributed by atoms with E-state index < -0.39 is 22.5 Å². The van der Waals surface area contributed by atoms with Gasteiger partial charge in [-0.3, -0.25) is 9.48 Å². The molecule has 0 unspecified atom stereocenters. The summed E-state index contributed by atoms with van der Waals surface area (Å²) in [4.78, 5) is 17.8. The van der Waals surface area contributed by atoms with Gasteiger partial charge in [0.1, 0.15) is 12.4 Å². The number of rotatable bonds is 13. The van der Waals surface area contributed by atoms with E-state index in [0.29, 0.717) is 11.8 Å². The third-order valence-corrected chi connectivity index (χ3v) is 7.92. The van der Waals surface area contributed by atoms with Crippen LogP contribution in [0.1, 0.15) is 12.1 Å². The standard InChI is InChI=1S/C26H31N7O4S/c1-31(2)23-11-5-10-22-21(23)9-6-12-24(22)38(36,37)33(19-26(34)35)17-16-32-18-20(29-30-32)8-7-15-28-25-13-3-4-14-27-25/h3-6,9-14,18H,7-8,15-17,19H2,1-2H3,(H,27,28)(H,34,35). The first-order valence-electron chi connectivity index (χ1n) is 12.2. The average Bonchev–Trinajstić information content (AvgIpc) is 3.36. The van der Waals surface area contributed by atoms with Gasteiger partial charge in [-0.15, -0.1) is 5.10 Å². The van der Waals surface area contributed by atoms with E-state index in [1.54, 1.807) is 35.3 Å². The second kappa shape index (κ2) is 12.0. The predicted octanol–water partition coefficient (Wildman–Crippen LogP) is 2.71. The largest absolute Gasteiger partial charge is 0.480 e. The molecule has 4 rings (SSSR count). The molecule has 0 atom stereocenters. The monoisotopic (exact) mass is 537 g/mol. The first-order valence-corrected chi connectivity index (χ1v) is 13.6. The normalized spacial score (nSPS) is 11.7. The van der Waals surface area contributed by atoms with Crippen molar-refractivity contribution in [3.63, 3.8) is 0 Å². The van der Waals surface area contributed by atoms with Crippen molar-refractivity contribution in [3.8, 4) is 0 Å². The fourth-order valence-corrected chi connectivity index (χ4v) is 5.77. The summed E-state index contributed by atoms with van der Waals surface area (Å²) in [6.45, 7) is 0.156. The van der Waals surface area contributed by atoms with Gasteiger partial charge in [0.25, 0.3) is 0 Å². The van der Waals surface area contributed by atoms with Gasteiger partial charge in [-0.2, -0.15) is 4.31 Å². The maximum absolute atomic E-state index is 13.7. The molecular weight excluding hydrogens is 506 g/mol. The van der Waals surface area contributed by atoms with Crippen molar-refractivity contribution in [3.05, 3.63) is 72.7 Å². The molecule has 0 spiro atoms. The fourth-order valence-electron chi connectivity index (χ4n) is 4.18. The molecule has 0 amide bonds. The number of aryl methyl sites for hydroxylation is 1. The zero-order valence-electron chi connectivity index (χ0n) is 21.4. The highest BCUT2D eigenvalue weighted by Gasteiger charge is 2.28. The second-order valence-corrected chi connectivity index (χ2v) is 10.9. The number of anilines is 2. The SMILES string of the molecule is CN(C)c1cccc2c(S(=O)(=O)N(CCn3cc(CCCNc4ccccn4)nn3)CC(=O)O)cccc12. The lowest BCUT2D eigenvalue weighted by molar-refractivity contribution is -0.137. The number of hydrogen-bond acceptors (Lipinski definition) is 8. The van der Waals surface area contributed by atoms with Crippen LogP contribution >= 0.6 is 0 Å². The third-order valence-electron chi connectivity index (χ3n) is 6.02. The molecule has 0 bridgehead atoms. The Labute approximate surface area is 221 Å². The summed E-state index contributed by atoms with van der Waals surface area (Å²) in [5.74, 6) is -0.428. The van der Waals surface area contributed by atoms with E-state index in [0.717, 1.165) is 39.9 Å². The van der Waals surface area contributed by atoms with Gasteiger partial charge in [-0.05, 0) is 37.1 Å². The molecular formula is C26H31N7O4S. The van der Waals surface area contributed by atoms with Crippen LogP contribution in [0.15, 0.2) is 71.9 Å². The molecule has 0 aliphatic carbocycles. The number of hydrogen-bond donors (Lipinski definition) is 2. The summed E-state index contributed by atoms with van der Waals surface area (Å²) >= 11 is 0. The summed E-state index contributed by atoms with van der Waals surface area (Å²) in [7, 11) is -0.344. The maximum atomic E-state index is 13.7. The number of aromatic nitrogens is 4. The van der Waals surface area contributed by atoms with Crippen LogP contribution in [0.2, 0.25) is 0 Å². The highest BCUT2D eigenvalue weighted by Crippen LogP contribution is 2.31. The van der Waals surface area contributed by atoms with Crippen LogP contribution in [0.3, 0.4) is 0 Å². The minimum absolute atomic E-state index is 0.0670. The maximum Gasteiger partial charge on any atom is 0.318 e. The van der Waals surface area contributed by atoms with Crippen molar-refractivity contribution in [2.24, 2.45) is 0 Å². The van der Waals surface area contributed by atoms with Gasteiger partial charge >= 0.3 is 5.97 Å². The summed E-state index contributed by atoms with van der Waals surface area (Å²) in [5, 5.41) is 22.3. The van der Waals surface area contributed by atoms with E-state index in [-0.39, 0.29) is 18.0 Å². The van der Waals surface area contributed by atoms with Gasteiger partial charge in [0.15, 0.2) is 0 Å². The average molecular weight is 538 g/mol. The molecule has 4 aromatic rings. The highest BCUT2D eigenvalue weighted by molar-refractivity contribution is 7.89. The number of aliphatic carboxylic acids is 1. The van der Waals surface area contributed by atoms with E-state index in [2.05, 4.69) is 20.6 Å². The number of carboxylic acids is 1. The number of fused-ring (bicyclic) bond motifs is 1. The van der Waals surface area contributed by atoms with Crippen LogP contribution in [0, 0.1) is 0 Å². The molecule has 0 saturated carbocycles. The number of pyridine rings is 1. The van der Waals surface area contributed by atoms with Gasteiger partial charge < -0.3 is 15.3 Å². The van der Waals surface area contributed by atoms with Crippen molar-refractivity contribution < 1.29 is 18.3 Å². The quantitative estimate of drug-likeness (QED) is 0.247. The zero-order chi connectivity index (χ0) is 27.1. The summed E-state index contributed by atoms with van der Waals surface area (Å²) in [6, 6.07) is 16.1. The Morgan fingerprint density at radius 2 is 1.84 bits per heavy atom. The third kappa shape index (κ3) is 6.45. The van der Waals surface area contributed by atoms with Crippen LogP contribution in [-0.4, -0.2) is 77.5 Å². The Morgan fingerprint density at radius 3 is 2.58 bits per heavy atom. The topological polar surface area (TPSA) is 134 Å². The zero-order valence-corrected chi connectivity index (χ0v) is 22.2. The van der Waals surface area contributed by atoms with E-state index >= 15 is 0 Å². The number of benzene rings is 2. The Morgan fingerprint density at radius 1 is 1.05 bits per heavy atom. The number of nitrogens with one attached hydrogen (secondary N) is 1. The van der Waals surface area contributed by atoms with Crippen LogP contribution < -0.4 is 10.2 Å². The van der Waals surface area contributed by atoms with Gasteiger partial charge in [-0.1, -0.05) is 35.5 Å². The molecule has 11 nitrogen and oxygen atoms in total. The second-order valence-electron chi connectivity index (χ2n) is 8.97. The predicted molar refractivity (Wildman–Crippen MR) is 146 cm³/mol. The Bertz CT molecular complexity index is 1490. The lowest BCUT2D eigenvalue weighted by Gasteiger charge is -2.22. The number of sulfonamides is 1. The van der Waals surface area contributed by atoms with Crippen molar-refractivity contribution >= 4 is 38.3 Å². The first kappa shape index (κ1) is 27.0. The molecule has 0 fully saturated rings. The Hall–Kier alpha value is -4.03. The van der Waals surface area contributed by atoms with Gasteiger partial charge in [0.05, 0.1) is 17.1 Å².